The number of rotatable bonds is 3. The second-order valence-corrected chi connectivity index (χ2v) is 10.4. The molecule has 30 heavy (non-hydrogen) atoms. The lowest BCUT2D eigenvalue weighted by atomic mass is 10.1. The first kappa shape index (κ1) is 21.3. The maximum Gasteiger partial charge on any atom is 0.258 e. The van der Waals surface area contributed by atoms with Gasteiger partial charge in [0.15, 0.2) is 0 Å². The molecule has 1 saturated heterocycles. The van der Waals surface area contributed by atoms with Gasteiger partial charge in [0.2, 0.25) is 10.0 Å². The third kappa shape index (κ3) is 3.75. The molecule has 3 atom stereocenters. The van der Waals surface area contributed by atoms with Gasteiger partial charge in [-0.25, -0.2) is 8.42 Å². The minimum Gasteiger partial charge on any atom is -0.373 e. The topological polar surface area (TPSA) is 66.9 Å². The predicted octanol–water partition coefficient (Wildman–Crippen LogP) is 3.73. The lowest BCUT2D eigenvalue weighted by molar-refractivity contribution is -0.0440. The molecule has 0 saturated carbocycles. The number of ether oxygens (including phenoxy) is 1. The summed E-state index contributed by atoms with van der Waals surface area (Å²) in [6.45, 7) is 6.16. The molecular formula is C22H25ClN2O4S. The number of carbonyl (C=O) groups is 1. The Kier molecular flexibility index (Phi) is 5.66. The van der Waals surface area contributed by atoms with Crippen LogP contribution >= 0.6 is 11.6 Å². The van der Waals surface area contributed by atoms with E-state index in [2.05, 4.69) is 0 Å². The summed E-state index contributed by atoms with van der Waals surface area (Å²) in [5.41, 5.74) is 2.28. The number of anilines is 1. The molecule has 2 aromatic rings. The highest BCUT2D eigenvalue weighted by molar-refractivity contribution is 7.89. The Bertz CT molecular complexity index is 1080. The molecule has 2 heterocycles. The van der Waals surface area contributed by atoms with E-state index in [0.717, 1.165) is 17.7 Å². The molecule has 0 N–H and O–H groups in total. The molecule has 1 fully saturated rings. The van der Waals surface area contributed by atoms with Crippen molar-refractivity contribution in [3.8, 4) is 0 Å². The Balaban J connectivity index is 1.69. The molecule has 0 radical (unpaired) electrons. The first-order valence-corrected chi connectivity index (χ1v) is 11.9. The number of sulfonamides is 1. The van der Waals surface area contributed by atoms with Gasteiger partial charge in [0.1, 0.15) is 4.90 Å². The lowest BCUT2D eigenvalue weighted by Gasteiger charge is -2.34. The van der Waals surface area contributed by atoms with Crippen LogP contribution in [-0.2, 0) is 21.2 Å². The Hall–Kier alpha value is -1.93. The minimum atomic E-state index is -3.86. The molecule has 0 unspecified atom stereocenters. The summed E-state index contributed by atoms with van der Waals surface area (Å²) < 4.78 is 33.7. The van der Waals surface area contributed by atoms with Gasteiger partial charge in [-0.3, -0.25) is 4.79 Å². The van der Waals surface area contributed by atoms with Gasteiger partial charge < -0.3 is 9.64 Å². The number of morpholine rings is 1. The largest absolute Gasteiger partial charge is 0.373 e. The molecule has 1 amide bonds. The Morgan fingerprint density at radius 3 is 2.43 bits per heavy atom. The van der Waals surface area contributed by atoms with E-state index in [1.807, 2.05) is 45.0 Å². The number of carbonyl (C=O) groups excluding carboxylic acids is 1. The lowest BCUT2D eigenvalue weighted by Crippen LogP contribution is -2.48. The van der Waals surface area contributed by atoms with Crippen LogP contribution < -0.4 is 4.90 Å². The monoisotopic (exact) mass is 448 g/mol. The van der Waals surface area contributed by atoms with Crippen LogP contribution in [0.5, 0.6) is 0 Å². The fourth-order valence-electron chi connectivity index (χ4n) is 4.31. The fourth-order valence-corrected chi connectivity index (χ4v) is 6.41. The molecular weight excluding hydrogens is 424 g/mol. The summed E-state index contributed by atoms with van der Waals surface area (Å²) in [6, 6.07) is 12.2. The predicted molar refractivity (Wildman–Crippen MR) is 117 cm³/mol. The van der Waals surface area contributed by atoms with E-state index in [4.69, 9.17) is 16.3 Å². The molecule has 0 aromatic heterocycles. The Morgan fingerprint density at radius 1 is 1.07 bits per heavy atom. The van der Waals surface area contributed by atoms with Crippen LogP contribution in [0, 0.1) is 0 Å². The van der Waals surface area contributed by atoms with Crippen molar-refractivity contribution < 1.29 is 17.9 Å². The molecule has 2 aliphatic heterocycles. The van der Waals surface area contributed by atoms with E-state index in [1.165, 1.54) is 16.4 Å². The molecule has 0 aliphatic carbocycles. The van der Waals surface area contributed by atoms with Crippen LogP contribution in [0.3, 0.4) is 0 Å². The van der Waals surface area contributed by atoms with Crippen LogP contribution in [0.1, 0.15) is 36.7 Å². The van der Waals surface area contributed by atoms with E-state index >= 15 is 0 Å². The second kappa shape index (κ2) is 7.96. The highest BCUT2D eigenvalue weighted by atomic mass is 35.5. The summed E-state index contributed by atoms with van der Waals surface area (Å²) in [6.07, 6.45) is 0.340. The van der Waals surface area contributed by atoms with Crippen molar-refractivity contribution in [1.82, 2.24) is 4.31 Å². The second-order valence-electron chi connectivity index (χ2n) is 8.08. The molecule has 8 heteroatoms. The first-order chi connectivity index (χ1) is 14.2. The number of nitrogens with zero attached hydrogens (tertiary/aromatic N) is 2. The van der Waals surface area contributed by atoms with Crippen molar-refractivity contribution in [3.63, 3.8) is 0 Å². The van der Waals surface area contributed by atoms with E-state index in [1.54, 1.807) is 11.0 Å². The van der Waals surface area contributed by atoms with Crippen LogP contribution in [0.2, 0.25) is 5.02 Å². The number of hydrogen-bond acceptors (Lipinski definition) is 4. The number of halogens is 1. The van der Waals surface area contributed by atoms with Gasteiger partial charge >= 0.3 is 0 Å². The zero-order chi connectivity index (χ0) is 21.6. The molecule has 0 bridgehead atoms. The number of benzene rings is 2. The maximum atomic E-state index is 13.3. The van der Waals surface area contributed by atoms with Crippen molar-refractivity contribution in [2.45, 2.75) is 50.3 Å². The first-order valence-electron chi connectivity index (χ1n) is 10.0. The third-order valence-electron chi connectivity index (χ3n) is 5.61. The van der Waals surface area contributed by atoms with Gasteiger partial charge in [0.25, 0.3) is 5.91 Å². The molecule has 4 rings (SSSR count). The average Bonchev–Trinajstić information content (AvgIpc) is 3.02. The van der Waals surface area contributed by atoms with Gasteiger partial charge in [-0.2, -0.15) is 4.31 Å². The smallest absolute Gasteiger partial charge is 0.258 e. The maximum absolute atomic E-state index is 13.3. The summed E-state index contributed by atoms with van der Waals surface area (Å²) in [5.74, 6) is -0.232. The average molecular weight is 449 g/mol. The van der Waals surface area contributed by atoms with Gasteiger partial charge in [-0.05, 0) is 57.0 Å². The van der Waals surface area contributed by atoms with Crippen LogP contribution in [0.25, 0.3) is 0 Å². The van der Waals surface area contributed by atoms with Crippen molar-refractivity contribution >= 4 is 33.2 Å². The number of hydrogen-bond donors (Lipinski definition) is 0. The van der Waals surface area contributed by atoms with Crippen LogP contribution in [0.4, 0.5) is 5.69 Å². The summed E-state index contributed by atoms with van der Waals surface area (Å²) in [7, 11) is -3.86. The van der Waals surface area contributed by atoms with E-state index in [9.17, 15) is 13.2 Å². The highest BCUT2D eigenvalue weighted by Gasteiger charge is 2.35. The molecule has 160 valence electrons. The van der Waals surface area contributed by atoms with Gasteiger partial charge in [0.05, 0.1) is 17.2 Å². The van der Waals surface area contributed by atoms with Crippen LogP contribution in [0.15, 0.2) is 47.4 Å². The van der Waals surface area contributed by atoms with Crippen molar-refractivity contribution in [1.29, 1.82) is 0 Å². The quantitative estimate of drug-likeness (QED) is 0.717. The van der Waals surface area contributed by atoms with Gasteiger partial charge in [0, 0.05) is 30.4 Å². The van der Waals surface area contributed by atoms with Crippen molar-refractivity contribution in [2.75, 3.05) is 18.0 Å². The fraction of sp³-hybridized carbons (Fsp3) is 0.409. The Morgan fingerprint density at radius 2 is 1.73 bits per heavy atom. The molecule has 2 aromatic carbocycles. The molecule has 6 nitrogen and oxygen atoms in total. The van der Waals surface area contributed by atoms with Crippen molar-refractivity contribution in [3.05, 3.63) is 58.6 Å². The van der Waals surface area contributed by atoms with Gasteiger partial charge in [-0.1, -0.05) is 29.8 Å². The minimum absolute atomic E-state index is 0.00780. The normalized spacial score (nSPS) is 24.7. The SMILES string of the molecule is C[C@@H]1CN(S(=O)(=O)c2cc(C(=O)N3c4ccccc4C[C@@H]3C)ccc2Cl)C[C@@H](C)O1. The standard InChI is InChI=1S/C22H25ClN2O4S/c1-14-10-17-6-4-5-7-20(17)25(14)22(26)18-8-9-19(23)21(11-18)30(27,28)24-12-15(2)29-16(3)13-24/h4-9,11,14-16H,10,12-13H2,1-3H3/t14-,15+,16+/m0/s1. The molecule has 2 aliphatic rings. The summed E-state index contributed by atoms with van der Waals surface area (Å²) >= 11 is 6.28. The number of para-hydroxylation sites is 1. The van der Waals surface area contributed by atoms with Crippen molar-refractivity contribution in [2.24, 2.45) is 0 Å². The Labute approximate surface area is 182 Å². The number of amides is 1. The third-order valence-corrected chi connectivity index (χ3v) is 7.92. The highest BCUT2D eigenvalue weighted by Crippen LogP contribution is 2.34. The zero-order valence-electron chi connectivity index (χ0n) is 17.2. The van der Waals surface area contributed by atoms with Crippen LogP contribution in [-0.4, -0.2) is 50.0 Å². The van der Waals surface area contributed by atoms with E-state index in [-0.39, 0.29) is 47.2 Å². The van der Waals surface area contributed by atoms with Gasteiger partial charge in [-0.15, -0.1) is 0 Å². The molecule has 0 spiro atoms. The van der Waals surface area contributed by atoms with E-state index < -0.39 is 10.0 Å². The summed E-state index contributed by atoms with van der Waals surface area (Å²) in [5, 5.41) is 0.105. The number of fused-ring (bicyclic) bond motifs is 1. The zero-order valence-corrected chi connectivity index (χ0v) is 18.8. The van der Waals surface area contributed by atoms with E-state index in [0.29, 0.717) is 5.56 Å². The summed E-state index contributed by atoms with van der Waals surface area (Å²) in [4.78, 5) is 15.0.